The van der Waals surface area contributed by atoms with Gasteiger partial charge in [-0.2, -0.15) is 0 Å². The molecule has 0 aliphatic carbocycles. The van der Waals surface area contributed by atoms with Gasteiger partial charge >= 0.3 is 51.4 Å². The summed E-state index contributed by atoms with van der Waals surface area (Å²) in [4.78, 5) is 0. The number of unbranched alkanes of at least 4 members (excludes halogenated alkanes) is 4. The molecule has 0 saturated heterocycles. The predicted octanol–water partition coefficient (Wildman–Crippen LogP) is 0.206. The van der Waals surface area contributed by atoms with Crippen LogP contribution in [0.4, 0.5) is 0 Å². The molecule has 0 heterocycles. The van der Waals surface area contributed by atoms with E-state index in [1.54, 1.807) is 0 Å². The zero-order valence-electron chi connectivity index (χ0n) is 13.3. The molecular weight excluding hydrogens is 303 g/mol. The molecule has 0 rings (SSSR count). The molecule has 1 N–H and O–H groups in total. The van der Waals surface area contributed by atoms with Crippen molar-refractivity contribution in [3.63, 3.8) is 0 Å². The number of aliphatic hydroxyl groups is 1. The molecule has 6 heteroatoms. The van der Waals surface area contributed by atoms with E-state index < -0.39 is 21.5 Å². The summed E-state index contributed by atoms with van der Waals surface area (Å²) in [5.41, 5.74) is 0. The van der Waals surface area contributed by atoms with Crippen molar-refractivity contribution < 1.29 is 69.5 Å². The number of aliphatic hydroxyl groups excluding tert-OH is 1. The van der Waals surface area contributed by atoms with E-state index in [9.17, 15) is 18.1 Å². The van der Waals surface area contributed by atoms with Gasteiger partial charge in [0.15, 0.2) is 0 Å². The average molecular weight is 333 g/mol. The van der Waals surface area contributed by atoms with Gasteiger partial charge in [0.1, 0.15) is 0 Å². The van der Waals surface area contributed by atoms with Gasteiger partial charge in [0.05, 0.1) is 16.2 Å². The monoisotopic (exact) mass is 332 g/mol. The van der Waals surface area contributed by atoms with Crippen LogP contribution in [0, 0.1) is 0 Å². The Hall–Kier alpha value is 1.51. The zero-order chi connectivity index (χ0) is 14.7. The molecule has 0 aromatic rings. The van der Waals surface area contributed by atoms with E-state index in [0.717, 1.165) is 38.5 Å². The van der Waals surface area contributed by atoms with Crippen LogP contribution in [0.1, 0.15) is 78.1 Å². The van der Waals surface area contributed by atoms with Crippen molar-refractivity contribution in [3.05, 3.63) is 0 Å². The first-order chi connectivity index (χ1) is 8.91. The molecule has 0 saturated carbocycles. The molecular formula is C14H29KO4S. The average Bonchev–Trinajstić information content (AvgIpc) is 2.32. The van der Waals surface area contributed by atoms with E-state index in [4.69, 9.17) is 0 Å². The van der Waals surface area contributed by atoms with Crippen LogP contribution in [-0.2, 0) is 10.1 Å². The maximum atomic E-state index is 11.2. The molecule has 0 radical (unpaired) electrons. The quantitative estimate of drug-likeness (QED) is 0.315. The largest absolute Gasteiger partial charge is 1.00 e. The molecule has 0 amide bonds. The second-order valence-electron chi connectivity index (χ2n) is 5.34. The minimum Gasteiger partial charge on any atom is -0.748 e. The van der Waals surface area contributed by atoms with Crippen molar-refractivity contribution in [2.24, 2.45) is 0 Å². The molecule has 0 bridgehead atoms. The minimum atomic E-state index is -4.23. The number of rotatable bonds is 12. The third-order valence-corrected chi connectivity index (χ3v) is 4.79. The standard InChI is InChI=1S/C14H30O4S.K/c1-3-5-7-9-13(15)11-12-14(19(16,17)18)10-8-6-4-2;/h13-15H,3-12H2,1-2H3,(H,16,17,18);/q;+1/p-1. The Bertz CT molecular complexity index is 306. The molecule has 0 aliphatic rings. The van der Waals surface area contributed by atoms with Gasteiger partial charge in [-0.25, -0.2) is 8.42 Å². The van der Waals surface area contributed by atoms with E-state index in [-0.39, 0.29) is 51.4 Å². The zero-order valence-corrected chi connectivity index (χ0v) is 17.2. The SMILES string of the molecule is CCCCCC(O)CCC(CCCCC)S(=O)(=O)[O-].[K+]. The Morgan fingerprint density at radius 3 is 1.85 bits per heavy atom. The van der Waals surface area contributed by atoms with E-state index in [1.807, 2.05) is 6.92 Å². The molecule has 0 aliphatic heterocycles. The van der Waals surface area contributed by atoms with Gasteiger partial charge in [-0.3, -0.25) is 0 Å². The first kappa shape index (κ1) is 23.8. The maximum Gasteiger partial charge on any atom is 1.00 e. The van der Waals surface area contributed by atoms with Crippen LogP contribution in [-0.4, -0.2) is 29.4 Å². The molecule has 2 atom stereocenters. The van der Waals surface area contributed by atoms with Crippen LogP contribution in [0.5, 0.6) is 0 Å². The van der Waals surface area contributed by atoms with Gasteiger partial charge in [-0.15, -0.1) is 0 Å². The van der Waals surface area contributed by atoms with E-state index >= 15 is 0 Å². The van der Waals surface area contributed by atoms with Crippen LogP contribution >= 0.6 is 0 Å². The fraction of sp³-hybridized carbons (Fsp3) is 1.00. The van der Waals surface area contributed by atoms with Crippen LogP contribution < -0.4 is 51.4 Å². The van der Waals surface area contributed by atoms with Crippen molar-refractivity contribution in [3.8, 4) is 0 Å². The van der Waals surface area contributed by atoms with Crippen molar-refractivity contribution in [2.75, 3.05) is 0 Å². The van der Waals surface area contributed by atoms with Crippen LogP contribution in [0.15, 0.2) is 0 Å². The summed E-state index contributed by atoms with van der Waals surface area (Å²) in [5.74, 6) is 0. The first-order valence-corrected chi connectivity index (χ1v) is 9.01. The molecule has 0 spiro atoms. The Balaban J connectivity index is 0. The fourth-order valence-electron chi connectivity index (χ4n) is 2.21. The molecule has 0 aromatic heterocycles. The maximum absolute atomic E-state index is 11.2. The third kappa shape index (κ3) is 13.2. The molecule has 2 unspecified atom stereocenters. The summed E-state index contributed by atoms with van der Waals surface area (Å²) in [5, 5.41) is 8.95. The molecule has 20 heavy (non-hydrogen) atoms. The van der Waals surface area contributed by atoms with Gasteiger partial charge in [0.25, 0.3) is 0 Å². The normalized spacial score (nSPS) is 14.6. The van der Waals surface area contributed by atoms with E-state index in [0.29, 0.717) is 25.7 Å². The van der Waals surface area contributed by atoms with Crippen molar-refractivity contribution in [1.29, 1.82) is 0 Å². The second kappa shape index (κ2) is 14.1. The summed E-state index contributed by atoms with van der Waals surface area (Å²) >= 11 is 0. The Morgan fingerprint density at radius 1 is 0.900 bits per heavy atom. The van der Waals surface area contributed by atoms with Crippen LogP contribution in [0.3, 0.4) is 0 Å². The summed E-state index contributed by atoms with van der Waals surface area (Å²) < 4.78 is 33.5. The Kier molecular flexibility index (Phi) is 16.8. The molecule has 4 nitrogen and oxygen atoms in total. The molecule has 0 aromatic carbocycles. The van der Waals surface area contributed by atoms with Gasteiger partial charge in [0.2, 0.25) is 0 Å². The summed E-state index contributed by atoms with van der Waals surface area (Å²) in [6.45, 7) is 4.14. The summed E-state index contributed by atoms with van der Waals surface area (Å²) in [6, 6.07) is 0. The van der Waals surface area contributed by atoms with Gasteiger partial charge < -0.3 is 9.66 Å². The fourth-order valence-corrected chi connectivity index (χ4v) is 3.09. The van der Waals surface area contributed by atoms with E-state index in [2.05, 4.69) is 6.92 Å². The van der Waals surface area contributed by atoms with Crippen LogP contribution in [0.2, 0.25) is 0 Å². The minimum absolute atomic E-state index is 0. The summed E-state index contributed by atoms with van der Waals surface area (Å²) in [7, 11) is -4.23. The number of hydrogen-bond acceptors (Lipinski definition) is 4. The molecule has 0 fully saturated rings. The topological polar surface area (TPSA) is 77.4 Å². The first-order valence-electron chi connectivity index (χ1n) is 7.54. The van der Waals surface area contributed by atoms with Crippen LogP contribution in [0.25, 0.3) is 0 Å². The Labute approximate surface area is 167 Å². The second-order valence-corrected chi connectivity index (χ2v) is 6.99. The molecule has 116 valence electrons. The van der Waals surface area contributed by atoms with Gasteiger partial charge in [0, 0.05) is 5.25 Å². The van der Waals surface area contributed by atoms with E-state index in [1.165, 1.54) is 0 Å². The predicted molar refractivity (Wildman–Crippen MR) is 77.0 cm³/mol. The smallest absolute Gasteiger partial charge is 0.748 e. The third-order valence-electron chi connectivity index (χ3n) is 3.50. The van der Waals surface area contributed by atoms with Gasteiger partial charge in [-0.05, 0) is 25.7 Å². The Morgan fingerprint density at radius 2 is 1.40 bits per heavy atom. The van der Waals surface area contributed by atoms with Crippen molar-refractivity contribution in [2.45, 2.75) is 89.4 Å². The van der Waals surface area contributed by atoms with Gasteiger partial charge in [-0.1, -0.05) is 52.4 Å². The summed E-state index contributed by atoms with van der Waals surface area (Å²) in [6.07, 6.45) is 7.24. The number of hydrogen-bond donors (Lipinski definition) is 1. The van der Waals surface area contributed by atoms with Crippen molar-refractivity contribution in [1.82, 2.24) is 0 Å². The van der Waals surface area contributed by atoms with Crippen molar-refractivity contribution >= 4 is 10.1 Å².